The Morgan fingerprint density at radius 3 is 2.77 bits per heavy atom. The molecule has 0 aromatic rings. The predicted molar refractivity (Wildman–Crippen MR) is 51.5 cm³/mol. The number of hydrogen-bond donors (Lipinski definition) is 1. The van der Waals surface area contributed by atoms with Gasteiger partial charge in [0.05, 0.1) is 12.7 Å². The van der Waals surface area contributed by atoms with Gasteiger partial charge < -0.3 is 9.84 Å². The van der Waals surface area contributed by atoms with Gasteiger partial charge >= 0.3 is 0 Å². The van der Waals surface area contributed by atoms with E-state index in [-0.39, 0.29) is 5.41 Å². The van der Waals surface area contributed by atoms with Crippen LogP contribution in [-0.2, 0) is 4.74 Å². The Bertz CT molecular complexity index is 177. The molecule has 0 radical (unpaired) electrons. The van der Waals surface area contributed by atoms with Crippen LogP contribution >= 0.6 is 0 Å². The molecule has 2 nitrogen and oxygen atoms in total. The average Bonchev–Trinajstić information content (AvgIpc) is 2.90. The molecule has 1 aliphatic carbocycles. The predicted octanol–water partition coefficient (Wildman–Crippen LogP) is 1.96. The second kappa shape index (κ2) is 3.58. The quantitative estimate of drug-likeness (QED) is 0.723. The zero-order chi connectivity index (χ0) is 9.31. The van der Waals surface area contributed by atoms with Gasteiger partial charge in [-0.05, 0) is 31.6 Å². The molecule has 0 bridgehead atoms. The van der Waals surface area contributed by atoms with Crippen molar-refractivity contribution in [1.82, 2.24) is 0 Å². The van der Waals surface area contributed by atoms with Gasteiger partial charge in [-0.1, -0.05) is 13.3 Å². The summed E-state index contributed by atoms with van der Waals surface area (Å²) in [6.45, 7) is 3.38. The third-order valence-corrected chi connectivity index (χ3v) is 3.61. The highest BCUT2D eigenvalue weighted by atomic mass is 16.5. The van der Waals surface area contributed by atoms with Crippen LogP contribution in [0.25, 0.3) is 0 Å². The molecule has 0 amide bonds. The van der Waals surface area contributed by atoms with Gasteiger partial charge in [0, 0.05) is 12.0 Å². The highest BCUT2D eigenvalue weighted by Crippen LogP contribution is 2.49. The molecule has 1 heterocycles. The summed E-state index contributed by atoms with van der Waals surface area (Å²) >= 11 is 0. The van der Waals surface area contributed by atoms with Gasteiger partial charge in [0.2, 0.25) is 0 Å². The number of aliphatic hydroxyl groups excluding tert-OH is 1. The number of ether oxygens (including phenoxy) is 1. The van der Waals surface area contributed by atoms with E-state index in [1.54, 1.807) is 0 Å². The molecule has 2 unspecified atom stereocenters. The first-order chi connectivity index (χ1) is 6.32. The molecule has 13 heavy (non-hydrogen) atoms. The molecule has 2 rings (SSSR count). The molecule has 2 heteroatoms. The molecule has 0 aromatic carbocycles. The van der Waals surface area contributed by atoms with Gasteiger partial charge in [0.1, 0.15) is 0 Å². The van der Waals surface area contributed by atoms with Crippen molar-refractivity contribution in [2.24, 2.45) is 11.3 Å². The molecular weight excluding hydrogens is 164 g/mol. The maximum absolute atomic E-state index is 9.51. The Balaban J connectivity index is 2.06. The summed E-state index contributed by atoms with van der Waals surface area (Å²) in [6, 6.07) is 0. The normalized spacial score (nSPS) is 39.7. The lowest BCUT2D eigenvalue weighted by molar-refractivity contribution is -0.00457. The van der Waals surface area contributed by atoms with Crippen LogP contribution in [0.3, 0.4) is 0 Å². The van der Waals surface area contributed by atoms with Crippen molar-refractivity contribution in [1.29, 1.82) is 0 Å². The minimum Gasteiger partial charge on any atom is -0.396 e. The fraction of sp³-hybridized carbons (Fsp3) is 1.00. The van der Waals surface area contributed by atoms with E-state index in [1.165, 1.54) is 12.8 Å². The highest BCUT2D eigenvalue weighted by Gasteiger charge is 2.49. The molecule has 76 valence electrons. The van der Waals surface area contributed by atoms with Gasteiger partial charge in [0.25, 0.3) is 0 Å². The van der Waals surface area contributed by atoms with Crippen LogP contribution in [0.5, 0.6) is 0 Å². The first kappa shape index (κ1) is 9.47. The minimum absolute atomic E-state index is 0.121. The van der Waals surface area contributed by atoms with Crippen molar-refractivity contribution in [2.75, 3.05) is 13.2 Å². The zero-order valence-corrected chi connectivity index (χ0v) is 8.46. The van der Waals surface area contributed by atoms with E-state index in [9.17, 15) is 5.11 Å². The Kier molecular flexibility index (Phi) is 2.61. The van der Waals surface area contributed by atoms with Crippen molar-refractivity contribution in [3.63, 3.8) is 0 Å². The average molecular weight is 184 g/mol. The van der Waals surface area contributed by atoms with E-state index < -0.39 is 0 Å². The topological polar surface area (TPSA) is 29.5 Å². The number of rotatable bonds is 4. The van der Waals surface area contributed by atoms with Gasteiger partial charge in [-0.25, -0.2) is 0 Å². The van der Waals surface area contributed by atoms with Crippen molar-refractivity contribution < 1.29 is 9.84 Å². The summed E-state index contributed by atoms with van der Waals surface area (Å²) in [5, 5.41) is 9.51. The Hall–Kier alpha value is -0.0800. The summed E-state index contributed by atoms with van der Waals surface area (Å²) in [7, 11) is 0. The fourth-order valence-electron chi connectivity index (χ4n) is 2.76. The van der Waals surface area contributed by atoms with Gasteiger partial charge in [0.15, 0.2) is 0 Å². The van der Waals surface area contributed by atoms with E-state index in [0.29, 0.717) is 12.7 Å². The highest BCUT2D eigenvalue weighted by molar-refractivity contribution is 4.98. The molecule has 2 aliphatic rings. The van der Waals surface area contributed by atoms with Crippen LogP contribution in [-0.4, -0.2) is 24.4 Å². The standard InChI is InChI=1S/C11H20O2/c1-2-5-11(8-12)6-7-13-10(11)9-3-4-9/h9-10,12H,2-8H2,1H3. The second-order valence-electron chi connectivity index (χ2n) is 4.65. The maximum Gasteiger partial charge on any atom is 0.0682 e. The molecule has 1 saturated carbocycles. The molecule has 1 aliphatic heterocycles. The molecule has 2 atom stereocenters. The monoisotopic (exact) mass is 184 g/mol. The smallest absolute Gasteiger partial charge is 0.0682 e. The molecule has 0 spiro atoms. The van der Waals surface area contributed by atoms with Crippen molar-refractivity contribution in [3.05, 3.63) is 0 Å². The SMILES string of the molecule is CCCC1(CO)CCOC1C1CC1. The largest absolute Gasteiger partial charge is 0.396 e. The Morgan fingerprint density at radius 1 is 1.46 bits per heavy atom. The van der Waals surface area contributed by atoms with E-state index in [2.05, 4.69) is 6.92 Å². The van der Waals surface area contributed by atoms with E-state index in [0.717, 1.165) is 31.8 Å². The maximum atomic E-state index is 9.51. The van der Waals surface area contributed by atoms with E-state index in [1.807, 2.05) is 0 Å². The summed E-state index contributed by atoms with van der Waals surface area (Å²) in [5.74, 6) is 0.765. The molecule has 2 fully saturated rings. The lowest BCUT2D eigenvalue weighted by Gasteiger charge is -2.32. The first-order valence-corrected chi connectivity index (χ1v) is 5.55. The van der Waals surface area contributed by atoms with E-state index >= 15 is 0 Å². The van der Waals surface area contributed by atoms with Gasteiger partial charge in [-0.15, -0.1) is 0 Å². The Morgan fingerprint density at radius 2 is 2.23 bits per heavy atom. The van der Waals surface area contributed by atoms with Gasteiger partial charge in [-0.3, -0.25) is 0 Å². The lowest BCUT2D eigenvalue weighted by Crippen LogP contribution is -2.36. The lowest BCUT2D eigenvalue weighted by atomic mass is 9.76. The number of aliphatic hydroxyl groups is 1. The van der Waals surface area contributed by atoms with Crippen LogP contribution in [0, 0.1) is 11.3 Å². The third kappa shape index (κ3) is 1.62. The fourth-order valence-corrected chi connectivity index (χ4v) is 2.76. The third-order valence-electron chi connectivity index (χ3n) is 3.61. The summed E-state index contributed by atoms with van der Waals surface area (Å²) < 4.78 is 5.78. The van der Waals surface area contributed by atoms with Crippen LogP contribution in [0.15, 0.2) is 0 Å². The van der Waals surface area contributed by atoms with Crippen LogP contribution in [0.4, 0.5) is 0 Å². The van der Waals surface area contributed by atoms with Gasteiger partial charge in [-0.2, -0.15) is 0 Å². The Labute approximate surface area is 80.3 Å². The van der Waals surface area contributed by atoms with Crippen LogP contribution in [0.1, 0.15) is 39.0 Å². The van der Waals surface area contributed by atoms with Crippen LogP contribution < -0.4 is 0 Å². The van der Waals surface area contributed by atoms with Crippen molar-refractivity contribution >= 4 is 0 Å². The second-order valence-corrected chi connectivity index (χ2v) is 4.65. The molecule has 1 saturated heterocycles. The minimum atomic E-state index is 0.121. The molecule has 0 aromatic heterocycles. The van der Waals surface area contributed by atoms with Crippen LogP contribution in [0.2, 0.25) is 0 Å². The summed E-state index contributed by atoms with van der Waals surface area (Å²) in [4.78, 5) is 0. The van der Waals surface area contributed by atoms with E-state index in [4.69, 9.17) is 4.74 Å². The van der Waals surface area contributed by atoms with Crippen molar-refractivity contribution in [3.8, 4) is 0 Å². The number of hydrogen-bond acceptors (Lipinski definition) is 2. The molecular formula is C11H20O2. The zero-order valence-electron chi connectivity index (χ0n) is 8.46. The summed E-state index contributed by atoms with van der Waals surface area (Å²) in [5.41, 5.74) is 0.121. The summed E-state index contributed by atoms with van der Waals surface area (Å²) in [6.07, 6.45) is 6.36. The molecule has 1 N–H and O–H groups in total. The van der Waals surface area contributed by atoms with Crippen molar-refractivity contribution in [2.45, 2.75) is 45.1 Å². The first-order valence-electron chi connectivity index (χ1n) is 5.55.